The van der Waals surface area contributed by atoms with Crippen LogP contribution in [0.5, 0.6) is 0 Å². The van der Waals surface area contributed by atoms with Crippen molar-refractivity contribution in [2.75, 3.05) is 6.54 Å². The molecule has 11 heteroatoms. The lowest BCUT2D eigenvalue weighted by Gasteiger charge is -2.13. The van der Waals surface area contributed by atoms with Gasteiger partial charge in [-0.15, -0.1) is 10.2 Å². The van der Waals surface area contributed by atoms with Gasteiger partial charge in [0.25, 0.3) is 0 Å². The Morgan fingerprint density at radius 3 is 2.52 bits per heavy atom. The molecular weight excluding hydrogens is 526 g/mol. The number of oxazole rings is 1. The number of rotatable bonds is 8. The number of fused-ring (bicyclic) bond motifs is 1. The van der Waals surface area contributed by atoms with Gasteiger partial charge in [0, 0.05) is 31.3 Å². The van der Waals surface area contributed by atoms with Gasteiger partial charge in [0.2, 0.25) is 5.89 Å². The molecule has 2 aromatic heterocycles. The Hall–Kier alpha value is -4.09. The van der Waals surface area contributed by atoms with E-state index >= 15 is 0 Å². The molecular formula is C29H25F4N5O2. The van der Waals surface area contributed by atoms with Crippen LogP contribution in [0.3, 0.4) is 0 Å². The second-order valence-electron chi connectivity index (χ2n) is 10.0. The molecule has 206 valence electrons. The summed E-state index contributed by atoms with van der Waals surface area (Å²) in [4.78, 5) is 4.49. The van der Waals surface area contributed by atoms with Gasteiger partial charge in [0.05, 0.1) is 6.10 Å². The van der Waals surface area contributed by atoms with E-state index in [4.69, 9.17) is 4.42 Å². The Morgan fingerprint density at radius 2 is 1.85 bits per heavy atom. The molecule has 2 heterocycles. The zero-order valence-corrected chi connectivity index (χ0v) is 21.4. The molecule has 3 aromatic carbocycles. The molecule has 1 atom stereocenters. The van der Waals surface area contributed by atoms with Gasteiger partial charge in [0.15, 0.2) is 11.4 Å². The third-order valence-corrected chi connectivity index (χ3v) is 7.09. The SMILES string of the molecule is Cn1cnnc1-c1c(-c2ccc(F)cc2)cccc1-c1nc2cc(CNC[C@@H](O)C3CC3)cc(C(F)(F)F)c2o1. The summed E-state index contributed by atoms with van der Waals surface area (Å²) in [6, 6.07) is 13.7. The molecule has 7 nitrogen and oxygen atoms in total. The zero-order chi connectivity index (χ0) is 28.0. The highest BCUT2D eigenvalue weighted by molar-refractivity contribution is 5.92. The summed E-state index contributed by atoms with van der Waals surface area (Å²) < 4.78 is 63.6. The maximum atomic E-state index is 14.1. The van der Waals surface area contributed by atoms with Gasteiger partial charge in [-0.1, -0.05) is 24.3 Å². The van der Waals surface area contributed by atoms with Crippen LogP contribution in [0.15, 0.2) is 65.3 Å². The van der Waals surface area contributed by atoms with E-state index in [-0.39, 0.29) is 29.5 Å². The Kier molecular flexibility index (Phi) is 6.63. The van der Waals surface area contributed by atoms with E-state index in [0.29, 0.717) is 40.2 Å². The lowest BCUT2D eigenvalue weighted by Crippen LogP contribution is -2.27. The average Bonchev–Trinajstić information content (AvgIpc) is 3.56. The molecule has 0 saturated heterocycles. The van der Waals surface area contributed by atoms with E-state index in [2.05, 4.69) is 20.5 Å². The first-order valence-corrected chi connectivity index (χ1v) is 12.8. The van der Waals surface area contributed by atoms with Crippen molar-refractivity contribution in [2.24, 2.45) is 13.0 Å². The van der Waals surface area contributed by atoms with Crippen LogP contribution in [0.4, 0.5) is 17.6 Å². The molecule has 0 aliphatic heterocycles. The largest absolute Gasteiger partial charge is 0.435 e. The molecule has 1 aliphatic carbocycles. The minimum Gasteiger partial charge on any atom is -0.435 e. The molecule has 6 rings (SSSR count). The van der Waals surface area contributed by atoms with Crippen LogP contribution in [0.2, 0.25) is 0 Å². The Bertz CT molecular complexity index is 1670. The van der Waals surface area contributed by atoms with Crippen LogP contribution in [-0.4, -0.2) is 37.5 Å². The summed E-state index contributed by atoms with van der Waals surface area (Å²) in [6.45, 7) is 0.431. The summed E-state index contributed by atoms with van der Waals surface area (Å²) in [5.41, 5.74) is 1.40. The second-order valence-corrected chi connectivity index (χ2v) is 10.0. The molecule has 0 unspecified atom stereocenters. The van der Waals surface area contributed by atoms with Crippen LogP contribution in [-0.2, 0) is 19.8 Å². The summed E-state index contributed by atoms with van der Waals surface area (Å²) in [5, 5.41) is 21.3. The number of nitrogens with one attached hydrogen (secondary N) is 1. The summed E-state index contributed by atoms with van der Waals surface area (Å²) in [7, 11) is 1.74. The van der Waals surface area contributed by atoms with Gasteiger partial charge in [0.1, 0.15) is 23.2 Å². The summed E-state index contributed by atoms with van der Waals surface area (Å²) in [5.74, 6) is 0.280. The topological polar surface area (TPSA) is 89.0 Å². The van der Waals surface area contributed by atoms with Crippen LogP contribution in [0.25, 0.3) is 45.1 Å². The quantitative estimate of drug-likeness (QED) is 0.231. The molecule has 1 aliphatic rings. The number of aromatic nitrogens is 4. The maximum Gasteiger partial charge on any atom is 0.420 e. The zero-order valence-electron chi connectivity index (χ0n) is 21.4. The average molecular weight is 552 g/mol. The lowest BCUT2D eigenvalue weighted by atomic mass is 9.94. The normalized spacial score (nSPS) is 14.7. The van der Waals surface area contributed by atoms with Gasteiger partial charge in [-0.3, -0.25) is 0 Å². The van der Waals surface area contributed by atoms with E-state index < -0.39 is 23.7 Å². The smallest absolute Gasteiger partial charge is 0.420 e. The molecule has 5 aromatic rings. The monoisotopic (exact) mass is 551 g/mol. The number of hydrogen-bond donors (Lipinski definition) is 2. The van der Waals surface area contributed by atoms with Crippen molar-refractivity contribution in [3.05, 3.63) is 77.9 Å². The minimum absolute atomic E-state index is 0.0169. The first-order valence-electron chi connectivity index (χ1n) is 12.8. The Labute approximate surface area is 226 Å². The Morgan fingerprint density at radius 1 is 1.10 bits per heavy atom. The highest BCUT2D eigenvalue weighted by Crippen LogP contribution is 2.42. The highest BCUT2D eigenvalue weighted by Gasteiger charge is 2.36. The van der Waals surface area contributed by atoms with Crippen molar-refractivity contribution < 1.29 is 27.1 Å². The van der Waals surface area contributed by atoms with Crippen LogP contribution < -0.4 is 5.32 Å². The minimum atomic E-state index is -4.68. The number of alkyl halides is 3. The fourth-order valence-electron chi connectivity index (χ4n) is 4.88. The predicted octanol–water partition coefficient (Wildman–Crippen LogP) is 5.98. The molecule has 2 N–H and O–H groups in total. The fraction of sp³-hybridized carbons (Fsp3) is 0.276. The number of hydrogen-bond acceptors (Lipinski definition) is 6. The number of aliphatic hydroxyl groups is 1. The van der Waals surface area contributed by atoms with Crippen LogP contribution >= 0.6 is 0 Å². The van der Waals surface area contributed by atoms with E-state index in [0.717, 1.165) is 18.9 Å². The van der Waals surface area contributed by atoms with Gasteiger partial charge in [-0.05, 0) is 65.8 Å². The molecule has 0 spiro atoms. The molecule has 0 amide bonds. The third kappa shape index (κ3) is 5.09. The molecule has 1 saturated carbocycles. The van der Waals surface area contributed by atoms with Crippen molar-refractivity contribution in [3.8, 4) is 34.0 Å². The van der Waals surface area contributed by atoms with E-state index in [1.807, 2.05) is 6.07 Å². The van der Waals surface area contributed by atoms with E-state index in [9.17, 15) is 22.7 Å². The summed E-state index contributed by atoms with van der Waals surface area (Å²) >= 11 is 0. The number of benzene rings is 3. The highest BCUT2D eigenvalue weighted by atomic mass is 19.4. The molecule has 0 radical (unpaired) electrons. The number of halogens is 4. The van der Waals surface area contributed by atoms with Gasteiger partial charge in [-0.2, -0.15) is 13.2 Å². The van der Waals surface area contributed by atoms with E-state index in [1.165, 1.54) is 18.5 Å². The molecule has 1 fully saturated rings. The van der Waals surface area contributed by atoms with Crippen LogP contribution in [0.1, 0.15) is 24.0 Å². The van der Waals surface area contributed by atoms with Crippen molar-refractivity contribution in [1.29, 1.82) is 0 Å². The van der Waals surface area contributed by atoms with Gasteiger partial charge < -0.3 is 19.4 Å². The lowest BCUT2D eigenvalue weighted by molar-refractivity contribution is -0.136. The van der Waals surface area contributed by atoms with Crippen molar-refractivity contribution in [2.45, 2.75) is 31.7 Å². The van der Waals surface area contributed by atoms with Crippen molar-refractivity contribution in [3.63, 3.8) is 0 Å². The maximum absolute atomic E-state index is 14.1. The van der Waals surface area contributed by atoms with Gasteiger partial charge in [-0.25, -0.2) is 9.37 Å². The van der Waals surface area contributed by atoms with E-state index in [1.54, 1.807) is 41.9 Å². The first-order chi connectivity index (χ1) is 19.2. The molecule has 40 heavy (non-hydrogen) atoms. The van der Waals surface area contributed by atoms with Gasteiger partial charge >= 0.3 is 6.18 Å². The predicted molar refractivity (Wildman–Crippen MR) is 140 cm³/mol. The number of nitrogens with zero attached hydrogens (tertiary/aromatic N) is 4. The molecule has 0 bridgehead atoms. The standard InChI is InChI=1S/C29H25F4N5O2/c1-38-15-35-37-27(38)25-20(17-7-9-19(30)10-8-17)3-2-4-21(25)28-36-23-12-16(13-34-14-24(39)18-5-6-18)11-22(26(23)40-28)29(31,32)33/h2-4,7-12,15,18,24,34,39H,5-6,13-14H2,1H3/t24-/m1/s1. The Balaban J connectivity index is 1.46. The second kappa shape index (κ2) is 10.1. The number of aliphatic hydroxyl groups excluding tert-OH is 1. The number of aryl methyl sites for hydroxylation is 1. The van der Waals surface area contributed by atoms with Crippen molar-refractivity contribution in [1.82, 2.24) is 25.1 Å². The third-order valence-electron chi connectivity index (χ3n) is 7.09. The first kappa shape index (κ1) is 26.1. The van der Waals surface area contributed by atoms with Crippen molar-refractivity contribution >= 4 is 11.1 Å². The fourth-order valence-corrected chi connectivity index (χ4v) is 4.88. The summed E-state index contributed by atoms with van der Waals surface area (Å²) in [6.07, 6.45) is -1.76. The van der Waals surface area contributed by atoms with Crippen LogP contribution in [0, 0.1) is 11.7 Å².